The van der Waals surface area contributed by atoms with E-state index in [4.69, 9.17) is 14.0 Å². The van der Waals surface area contributed by atoms with Crippen molar-refractivity contribution >= 4 is 17.5 Å². The van der Waals surface area contributed by atoms with Crippen molar-refractivity contribution in [1.29, 1.82) is 0 Å². The third-order valence-electron chi connectivity index (χ3n) is 3.75. The highest BCUT2D eigenvalue weighted by Gasteiger charge is 2.33. The second-order valence-corrected chi connectivity index (χ2v) is 5.89. The molecule has 0 bridgehead atoms. The minimum absolute atomic E-state index is 0.115. The summed E-state index contributed by atoms with van der Waals surface area (Å²) in [5.41, 5.74) is -0.415. The van der Waals surface area contributed by atoms with Crippen LogP contribution in [-0.4, -0.2) is 58.4 Å². The van der Waals surface area contributed by atoms with Crippen molar-refractivity contribution < 1.29 is 28.5 Å². The van der Waals surface area contributed by atoms with Crippen molar-refractivity contribution in [2.24, 2.45) is 0 Å². The van der Waals surface area contributed by atoms with Crippen LogP contribution in [0, 0.1) is 10.1 Å². The summed E-state index contributed by atoms with van der Waals surface area (Å²) in [7, 11) is 1.18. The second-order valence-electron chi connectivity index (χ2n) is 5.89. The van der Waals surface area contributed by atoms with E-state index < -0.39 is 16.6 Å². The Labute approximate surface area is 153 Å². The summed E-state index contributed by atoms with van der Waals surface area (Å²) >= 11 is 0. The van der Waals surface area contributed by atoms with Crippen LogP contribution in [0.3, 0.4) is 0 Å². The zero-order valence-corrected chi connectivity index (χ0v) is 14.8. The summed E-state index contributed by atoms with van der Waals surface area (Å²) in [5, 5.41) is 15.2. The van der Waals surface area contributed by atoms with Gasteiger partial charge in [-0.15, -0.1) is 0 Å². The Morgan fingerprint density at radius 1 is 1.33 bits per heavy atom. The number of hydrogen-bond acceptors (Lipinski definition) is 11. The number of methoxy groups -OCH3 is 1. The fourth-order valence-corrected chi connectivity index (χ4v) is 2.77. The first-order valence-corrected chi connectivity index (χ1v) is 8.01. The molecule has 2 aromatic heterocycles. The summed E-state index contributed by atoms with van der Waals surface area (Å²) in [4.78, 5) is 32.1. The number of carbonyl (C=O) groups excluding carboxylic acids is 1. The number of rotatable bonds is 5. The number of nitrogens with zero attached hydrogens (tertiary/aromatic N) is 5. The number of anilines is 1. The van der Waals surface area contributed by atoms with Gasteiger partial charge >= 0.3 is 17.5 Å². The van der Waals surface area contributed by atoms with Gasteiger partial charge < -0.3 is 23.6 Å². The average Bonchev–Trinajstić information content (AvgIpc) is 3.08. The van der Waals surface area contributed by atoms with Crippen molar-refractivity contribution in [1.82, 2.24) is 15.1 Å². The molecule has 0 radical (unpaired) electrons. The van der Waals surface area contributed by atoms with Gasteiger partial charge in [-0.05, 0) is 19.0 Å². The number of ether oxygens (including phenoxy) is 3. The fourth-order valence-electron chi connectivity index (χ4n) is 2.77. The molecule has 0 aliphatic carbocycles. The molecule has 2 aromatic rings. The highest BCUT2D eigenvalue weighted by atomic mass is 16.6. The van der Waals surface area contributed by atoms with Gasteiger partial charge in [0.1, 0.15) is 6.33 Å². The number of nitro groups is 1. The molecule has 0 aromatic carbocycles. The minimum atomic E-state index is -0.758. The van der Waals surface area contributed by atoms with Crippen molar-refractivity contribution in [2.45, 2.75) is 26.1 Å². The summed E-state index contributed by atoms with van der Waals surface area (Å²) in [6, 6.07) is 1.15. The first-order valence-electron chi connectivity index (χ1n) is 8.01. The third kappa shape index (κ3) is 3.95. The van der Waals surface area contributed by atoms with E-state index in [0.29, 0.717) is 13.1 Å². The molecule has 27 heavy (non-hydrogen) atoms. The van der Waals surface area contributed by atoms with Crippen molar-refractivity contribution in [3.63, 3.8) is 0 Å². The highest BCUT2D eigenvalue weighted by molar-refractivity contribution is 5.86. The molecule has 3 rings (SSSR count). The Bertz CT molecular complexity index is 845. The summed E-state index contributed by atoms with van der Waals surface area (Å²) in [6.07, 6.45) is 0.917. The molecular formula is C15H17N5O7. The van der Waals surface area contributed by atoms with Crippen molar-refractivity contribution in [3.8, 4) is 11.8 Å². The van der Waals surface area contributed by atoms with E-state index >= 15 is 0 Å². The van der Waals surface area contributed by atoms with E-state index in [9.17, 15) is 14.9 Å². The van der Waals surface area contributed by atoms with Crippen LogP contribution in [0.1, 0.15) is 24.4 Å². The van der Waals surface area contributed by atoms with Gasteiger partial charge in [-0.25, -0.2) is 9.78 Å². The maximum Gasteiger partial charge on any atom is 0.377 e. The van der Waals surface area contributed by atoms with Gasteiger partial charge in [0.15, 0.2) is 0 Å². The molecule has 1 aliphatic heterocycles. The Morgan fingerprint density at radius 2 is 2.04 bits per heavy atom. The zero-order chi connectivity index (χ0) is 19.6. The second kappa shape index (κ2) is 7.53. The number of morpholine rings is 1. The van der Waals surface area contributed by atoms with Crippen LogP contribution >= 0.6 is 0 Å². The summed E-state index contributed by atoms with van der Waals surface area (Å²) < 4.78 is 20.3. The molecule has 144 valence electrons. The van der Waals surface area contributed by atoms with Gasteiger partial charge in [0, 0.05) is 13.1 Å². The van der Waals surface area contributed by atoms with Crippen LogP contribution in [0.25, 0.3) is 0 Å². The van der Waals surface area contributed by atoms with Gasteiger partial charge in [0.2, 0.25) is 11.6 Å². The Balaban J connectivity index is 1.93. The van der Waals surface area contributed by atoms with Crippen LogP contribution in [-0.2, 0) is 9.47 Å². The topological polar surface area (TPSA) is 143 Å². The molecule has 12 heteroatoms. The maximum absolute atomic E-state index is 11.7. The highest BCUT2D eigenvalue weighted by Crippen LogP contribution is 2.36. The molecular weight excluding hydrogens is 362 g/mol. The smallest absolute Gasteiger partial charge is 0.377 e. The standard InChI is InChI=1S/C15H17N5O7/c1-8-5-19(6-9(2)25-8)13-12(20(22)23)14(17-7-16-13)26-11-4-10(27-18-11)15(21)24-3/h4,7-9H,5-6H2,1-3H3. The lowest BCUT2D eigenvalue weighted by Gasteiger charge is -2.35. The van der Waals surface area contributed by atoms with Gasteiger partial charge in [-0.1, -0.05) is 0 Å². The van der Waals surface area contributed by atoms with Crippen LogP contribution in [0.5, 0.6) is 11.8 Å². The third-order valence-corrected chi connectivity index (χ3v) is 3.75. The van der Waals surface area contributed by atoms with Gasteiger partial charge in [-0.2, -0.15) is 4.98 Å². The van der Waals surface area contributed by atoms with Gasteiger partial charge in [0.25, 0.3) is 5.88 Å². The Hall–Kier alpha value is -3.28. The van der Waals surface area contributed by atoms with Crippen molar-refractivity contribution in [2.75, 3.05) is 25.1 Å². The summed E-state index contributed by atoms with van der Waals surface area (Å²) in [5.74, 6) is -1.34. The molecule has 0 N–H and O–H groups in total. The molecule has 1 fully saturated rings. The summed E-state index contributed by atoms with van der Waals surface area (Å²) in [6.45, 7) is 4.60. The SMILES string of the molecule is COC(=O)c1cc(Oc2ncnc(N3CC(C)OC(C)C3)c2[N+](=O)[O-])no1. The van der Waals surface area contributed by atoms with E-state index in [-0.39, 0.29) is 35.5 Å². The molecule has 2 atom stereocenters. The molecule has 2 unspecified atom stereocenters. The number of esters is 1. The average molecular weight is 379 g/mol. The molecule has 0 amide bonds. The number of aromatic nitrogens is 3. The zero-order valence-electron chi connectivity index (χ0n) is 14.8. The molecule has 0 spiro atoms. The van der Waals surface area contributed by atoms with Crippen LogP contribution in [0.4, 0.5) is 11.5 Å². The lowest BCUT2D eigenvalue weighted by atomic mass is 10.2. The number of carbonyl (C=O) groups is 1. The van der Waals surface area contributed by atoms with Crippen LogP contribution in [0.2, 0.25) is 0 Å². The molecule has 1 saturated heterocycles. The van der Waals surface area contributed by atoms with Crippen LogP contribution in [0.15, 0.2) is 16.9 Å². The Morgan fingerprint density at radius 3 is 2.67 bits per heavy atom. The van der Waals surface area contributed by atoms with Gasteiger partial charge in [0.05, 0.1) is 30.3 Å². The van der Waals surface area contributed by atoms with Gasteiger partial charge in [-0.3, -0.25) is 10.1 Å². The lowest BCUT2D eigenvalue weighted by Crippen LogP contribution is -2.46. The van der Waals surface area contributed by atoms with E-state index in [1.165, 1.54) is 7.11 Å². The first-order chi connectivity index (χ1) is 12.9. The Kier molecular flexibility index (Phi) is 5.16. The predicted molar refractivity (Wildman–Crippen MR) is 88.8 cm³/mol. The molecule has 12 nitrogen and oxygen atoms in total. The van der Waals surface area contributed by atoms with E-state index in [2.05, 4.69) is 19.9 Å². The fraction of sp³-hybridized carbons (Fsp3) is 0.467. The molecule has 3 heterocycles. The first kappa shape index (κ1) is 18.5. The minimum Gasteiger partial charge on any atom is -0.463 e. The van der Waals surface area contributed by atoms with Crippen LogP contribution < -0.4 is 9.64 Å². The van der Waals surface area contributed by atoms with E-state index in [1.54, 1.807) is 4.90 Å². The van der Waals surface area contributed by atoms with Crippen molar-refractivity contribution in [3.05, 3.63) is 28.3 Å². The monoisotopic (exact) mass is 379 g/mol. The number of hydrogen-bond donors (Lipinski definition) is 0. The predicted octanol–water partition coefficient (Wildman–Crippen LogP) is 1.57. The van der Waals surface area contributed by atoms with E-state index in [0.717, 1.165) is 12.4 Å². The lowest BCUT2D eigenvalue weighted by molar-refractivity contribution is -0.385. The molecule has 0 saturated carbocycles. The molecule has 1 aliphatic rings. The normalized spacial score (nSPS) is 19.6. The van der Waals surface area contributed by atoms with E-state index in [1.807, 2.05) is 13.8 Å². The largest absolute Gasteiger partial charge is 0.463 e. The quantitative estimate of drug-likeness (QED) is 0.424. The maximum atomic E-state index is 11.7.